The predicted octanol–water partition coefficient (Wildman–Crippen LogP) is 5.59. The molecule has 0 N–H and O–H groups in total. The minimum Gasteiger partial charge on any atom is -0.497 e. The third-order valence-electron chi connectivity index (χ3n) is 7.05. The number of amides is 1. The van der Waals surface area contributed by atoms with Gasteiger partial charge in [0.05, 0.1) is 20.0 Å². The number of aromatic nitrogens is 2. The molecule has 3 aromatic carbocycles. The zero-order chi connectivity index (χ0) is 27.0. The van der Waals surface area contributed by atoms with E-state index < -0.39 is 0 Å². The summed E-state index contributed by atoms with van der Waals surface area (Å²) in [5.41, 5.74) is 3.05. The summed E-state index contributed by atoms with van der Waals surface area (Å²) in [5, 5.41) is 0.746. The van der Waals surface area contributed by atoms with Crippen LogP contribution in [0, 0.1) is 0 Å². The van der Waals surface area contributed by atoms with Crippen LogP contribution in [0.3, 0.4) is 0 Å². The summed E-state index contributed by atoms with van der Waals surface area (Å²) in [4.78, 5) is 21.3. The first-order valence-electron chi connectivity index (χ1n) is 13.2. The van der Waals surface area contributed by atoms with Crippen LogP contribution in [0.1, 0.15) is 22.3 Å². The summed E-state index contributed by atoms with van der Waals surface area (Å²) in [7, 11) is 1.62. The Labute approximate surface area is 234 Å². The molecular formula is C31H33ClN4O3. The van der Waals surface area contributed by atoms with Crippen molar-refractivity contribution < 1.29 is 14.3 Å². The van der Waals surface area contributed by atoms with Gasteiger partial charge in [-0.05, 0) is 79.1 Å². The smallest absolute Gasteiger partial charge is 0.253 e. The number of piperazine rings is 1. The molecule has 39 heavy (non-hydrogen) atoms. The number of anilines is 1. The molecule has 1 atom stereocenters. The molecule has 8 heteroatoms. The number of ether oxygens (including phenoxy) is 2. The Bertz CT molecular complexity index is 1320. The lowest BCUT2D eigenvalue weighted by atomic mass is 10.1. The molecule has 202 valence electrons. The Kier molecular flexibility index (Phi) is 8.68. The number of nitrogens with zero attached hydrogens (tertiary/aromatic N) is 4. The number of carbonyl (C=O) groups is 1. The zero-order valence-electron chi connectivity index (χ0n) is 22.1. The van der Waals surface area contributed by atoms with Gasteiger partial charge in [0.25, 0.3) is 5.91 Å². The lowest BCUT2D eigenvalue weighted by molar-refractivity contribution is 0.0746. The standard InChI is InChI=1S/C31H33ClN4O3/c1-38-28-12-5-25(6-13-28)31(37)36-20-18-35(19-21-36)27-9-14-29(15-10-27)39-30(22-34-17-16-33-23-34)11-4-24-2-7-26(32)8-3-24/h2-3,5-10,12-17,23,30H,4,11,18-22H2,1H3. The van der Waals surface area contributed by atoms with Crippen LogP contribution in [0.4, 0.5) is 5.69 Å². The molecule has 5 rings (SSSR count). The van der Waals surface area contributed by atoms with Crippen molar-refractivity contribution in [3.05, 3.63) is 108 Å². The van der Waals surface area contributed by atoms with Gasteiger partial charge in [-0.1, -0.05) is 23.7 Å². The van der Waals surface area contributed by atoms with Crippen molar-refractivity contribution in [2.24, 2.45) is 0 Å². The van der Waals surface area contributed by atoms with Crippen LogP contribution in [0.15, 0.2) is 91.5 Å². The summed E-state index contributed by atoms with van der Waals surface area (Å²) >= 11 is 6.04. The molecule has 7 nitrogen and oxygen atoms in total. The summed E-state index contributed by atoms with van der Waals surface area (Å²) in [6.07, 6.45) is 7.32. The largest absolute Gasteiger partial charge is 0.497 e. The Morgan fingerprint density at radius 1 is 0.923 bits per heavy atom. The first kappa shape index (κ1) is 26.6. The molecule has 1 fully saturated rings. The highest BCUT2D eigenvalue weighted by molar-refractivity contribution is 6.30. The summed E-state index contributed by atoms with van der Waals surface area (Å²) < 4.78 is 13.7. The van der Waals surface area contributed by atoms with E-state index in [1.807, 2.05) is 70.5 Å². The van der Waals surface area contributed by atoms with E-state index in [9.17, 15) is 4.79 Å². The predicted molar refractivity (Wildman–Crippen MR) is 154 cm³/mol. The van der Waals surface area contributed by atoms with Crippen LogP contribution >= 0.6 is 11.6 Å². The van der Waals surface area contributed by atoms with Crippen molar-refractivity contribution in [3.8, 4) is 11.5 Å². The molecule has 0 bridgehead atoms. The molecule has 4 aromatic rings. The Hall–Kier alpha value is -3.97. The second kappa shape index (κ2) is 12.7. The van der Waals surface area contributed by atoms with Crippen LogP contribution in [0.25, 0.3) is 0 Å². The molecule has 1 aliphatic heterocycles. The zero-order valence-corrected chi connectivity index (χ0v) is 22.8. The normalized spacial score (nSPS) is 14.2. The highest BCUT2D eigenvalue weighted by Gasteiger charge is 2.22. The highest BCUT2D eigenvalue weighted by atomic mass is 35.5. The fraction of sp³-hybridized carbons (Fsp3) is 0.290. The van der Waals surface area contributed by atoms with E-state index in [1.165, 1.54) is 5.56 Å². The third kappa shape index (κ3) is 7.12. The average Bonchev–Trinajstić information content (AvgIpc) is 3.50. The van der Waals surface area contributed by atoms with Gasteiger partial charge in [-0.25, -0.2) is 4.98 Å². The van der Waals surface area contributed by atoms with Crippen LogP contribution in [0.2, 0.25) is 5.02 Å². The number of halogens is 1. The van der Waals surface area contributed by atoms with Gasteiger partial charge in [0, 0.05) is 54.8 Å². The number of aryl methyl sites for hydroxylation is 1. The lowest BCUT2D eigenvalue weighted by Gasteiger charge is -2.36. The number of methoxy groups -OCH3 is 1. The molecule has 0 radical (unpaired) electrons. The third-order valence-corrected chi connectivity index (χ3v) is 7.30. The number of carbonyl (C=O) groups excluding carboxylic acids is 1. The van der Waals surface area contributed by atoms with Gasteiger partial charge in [-0.3, -0.25) is 4.79 Å². The monoisotopic (exact) mass is 544 g/mol. The molecule has 2 heterocycles. The fourth-order valence-electron chi connectivity index (χ4n) is 4.81. The molecule has 1 amide bonds. The first-order chi connectivity index (χ1) is 19.1. The van der Waals surface area contributed by atoms with Gasteiger partial charge in [0.1, 0.15) is 17.6 Å². The Morgan fingerprint density at radius 2 is 1.62 bits per heavy atom. The molecule has 1 aromatic heterocycles. The van der Waals surface area contributed by atoms with E-state index in [1.54, 1.807) is 13.3 Å². The lowest BCUT2D eigenvalue weighted by Crippen LogP contribution is -2.48. The van der Waals surface area contributed by atoms with Crippen molar-refractivity contribution in [2.75, 3.05) is 38.2 Å². The van der Waals surface area contributed by atoms with Gasteiger partial charge in [-0.2, -0.15) is 0 Å². The summed E-state index contributed by atoms with van der Waals surface area (Å²) in [6.45, 7) is 3.65. The molecule has 0 saturated carbocycles. The van der Waals surface area contributed by atoms with E-state index in [0.29, 0.717) is 18.7 Å². The van der Waals surface area contributed by atoms with E-state index in [2.05, 4.69) is 34.1 Å². The van der Waals surface area contributed by atoms with Gasteiger partial charge in [-0.15, -0.1) is 0 Å². The minimum absolute atomic E-state index is 0.00626. The topological polar surface area (TPSA) is 59.8 Å². The molecule has 1 unspecified atom stereocenters. The molecule has 1 aliphatic rings. The number of imidazole rings is 1. The maximum Gasteiger partial charge on any atom is 0.253 e. The van der Waals surface area contributed by atoms with E-state index in [4.69, 9.17) is 21.1 Å². The average molecular weight is 545 g/mol. The second-order valence-electron chi connectivity index (χ2n) is 9.67. The minimum atomic E-state index is -0.00626. The van der Waals surface area contributed by atoms with Crippen LogP contribution < -0.4 is 14.4 Å². The van der Waals surface area contributed by atoms with E-state index in [-0.39, 0.29) is 12.0 Å². The van der Waals surface area contributed by atoms with Gasteiger partial charge in [0.15, 0.2) is 0 Å². The van der Waals surface area contributed by atoms with Gasteiger partial charge < -0.3 is 23.8 Å². The van der Waals surface area contributed by atoms with Crippen molar-refractivity contribution in [1.29, 1.82) is 0 Å². The number of rotatable bonds is 10. The summed E-state index contributed by atoms with van der Waals surface area (Å²) in [5.74, 6) is 1.65. The second-order valence-corrected chi connectivity index (χ2v) is 10.1. The Balaban J connectivity index is 1.16. The van der Waals surface area contributed by atoms with Crippen molar-refractivity contribution in [2.45, 2.75) is 25.5 Å². The van der Waals surface area contributed by atoms with Crippen LogP contribution in [-0.4, -0.2) is 59.8 Å². The molecular weight excluding hydrogens is 512 g/mol. The SMILES string of the molecule is COc1ccc(C(=O)N2CCN(c3ccc(OC(CCc4ccc(Cl)cc4)Cn4ccnc4)cc3)CC2)cc1. The molecule has 0 spiro atoms. The summed E-state index contributed by atoms with van der Waals surface area (Å²) in [6, 6.07) is 23.5. The number of hydrogen-bond donors (Lipinski definition) is 0. The van der Waals surface area contributed by atoms with Gasteiger partial charge in [0.2, 0.25) is 0 Å². The Morgan fingerprint density at radius 3 is 2.26 bits per heavy atom. The maximum atomic E-state index is 12.9. The maximum absolute atomic E-state index is 12.9. The molecule has 1 saturated heterocycles. The van der Waals surface area contributed by atoms with Crippen molar-refractivity contribution in [1.82, 2.24) is 14.5 Å². The molecule has 0 aliphatic carbocycles. The number of benzene rings is 3. The van der Waals surface area contributed by atoms with Crippen molar-refractivity contribution >= 4 is 23.2 Å². The quantitative estimate of drug-likeness (QED) is 0.260. The van der Waals surface area contributed by atoms with Crippen molar-refractivity contribution in [3.63, 3.8) is 0 Å². The van der Waals surface area contributed by atoms with Crippen LogP contribution in [-0.2, 0) is 13.0 Å². The van der Waals surface area contributed by atoms with E-state index in [0.717, 1.165) is 54.7 Å². The first-order valence-corrected chi connectivity index (χ1v) is 13.6. The highest BCUT2D eigenvalue weighted by Crippen LogP contribution is 2.24. The van der Waals surface area contributed by atoms with E-state index >= 15 is 0 Å². The van der Waals surface area contributed by atoms with Gasteiger partial charge >= 0.3 is 0 Å². The fourth-order valence-corrected chi connectivity index (χ4v) is 4.93. The number of hydrogen-bond acceptors (Lipinski definition) is 5. The van der Waals surface area contributed by atoms with Crippen LogP contribution in [0.5, 0.6) is 11.5 Å².